The summed E-state index contributed by atoms with van der Waals surface area (Å²) < 4.78 is 25.2. The Bertz CT molecular complexity index is 1250. The molecule has 0 saturated heterocycles. The number of aryl methyl sites for hydroxylation is 1. The van der Waals surface area contributed by atoms with Crippen LogP contribution in [-0.4, -0.2) is 31.1 Å². The van der Waals surface area contributed by atoms with Crippen LogP contribution in [0.3, 0.4) is 0 Å². The van der Waals surface area contributed by atoms with Crippen LogP contribution in [0, 0.1) is 12.7 Å². The molecule has 192 valence electrons. The highest BCUT2D eigenvalue weighted by atomic mass is 19.1. The van der Waals surface area contributed by atoms with Crippen molar-refractivity contribution in [1.82, 2.24) is 5.32 Å². The van der Waals surface area contributed by atoms with Gasteiger partial charge in [0, 0.05) is 17.3 Å². The van der Waals surface area contributed by atoms with Crippen LogP contribution in [0.25, 0.3) is 0 Å². The molecule has 0 unspecified atom stereocenters. The predicted octanol–water partition coefficient (Wildman–Crippen LogP) is 5.74. The molecule has 5 rings (SSSR count). The average molecular weight is 503 g/mol. The summed E-state index contributed by atoms with van der Waals surface area (Å²) in [5, 5.41) is 3.18. The van der Waals surface area contributed by atoms with E-state index in [0.717, 1.165) is 37.7 Å². The van der Waals surface area contributed by atoms with E-state index in [4.69, 9.17) is 9.47 Å². The molecule has 37 heavy (non-hydrogen) atoms. The maximum atomic E-state index is 14.2. The Morgan fingerprint density at radius 1 is 0.892 bits per heavy atom. The summed E-state index contributed by atoms with van der Waals surface area (Å²) in [5.74, 6) is 0.00918. The SMILES string of the molecule is Cc1ccc(N(C(=O)c2ccc3c(c2)OCCO3)[C@H](C(=O)NC2CCCCC2)c2ccc(F)cc2)cc1. The molecule has 0 spiro atoms. The fraction of sp³-hybridized carbons (Fsp3) is 0.333. The monoisotopic (exact) mass is 502 g/mol. The third kappa shape index (κ3) is 5.61. The lowest BCUT2D eigenvalue weighted by Crippen LogP contribution is -2.47. The van der Waals surface area contributed by atoms with Crippen molar-refractivity contribution >= 4 is 17.5 Å². The molecule has 1 heterocycles. The number of rotatable bonds is 6. The van der Waals surface area contributed by atoms with Gasteiger partial charge in [-0.3, -0.25) is 14.5 Å². The highest BCUT2D eigenvalue weighted by Crippen LogP contribution is 2.35. The second kappa shape index (κ2) is 11.0. The number of nitrogens with zero attached hydrogens (tertiary/aromatic N) is 1. The number of fused-ring (bicyclic) bond motifs is 1. The van der Waals surface area contributed by atoms with E-state index in [0.29, 0.717) is 41.5 Å². The molecule has 1 atom stereocenters. The first-order valence-electron chi connectivity index (χ1n) is 12.9. The Morgan fingerprint density at radius 3 is 2.27 bits per heavy atom. The van der Waals surface area contributed by atoms with E-state index in [1.165, 1.54) is 17.0 Å². The Kier molecular flexibility index (Phi) is 7.40. The van der Waals surface area contributed by atoms with E-state index in [-0.39, 0.29) is 17.9 Å². The van der Waals surface area contributed by atoms with Crippen molar-refractivity contribution < 1.29 is 23.5 Å². The van der Waals surface area contributed by atoms with Crippen LogP contribution in [-0.2, 0) is 4.79 Å². The molecule has 1 saturated carbocycles. The number of hydrogen-bond donors (Lipinski definition) is 1. The molecule has 1 aliphatic heterocycles. The first kappa shape index (κ1) is 24.8. The van der Waals surface area contributed by atoms with Crippen LogP contribution in [0.5, 0.6) is 11.5 Å². The molecule has 2 aliphatic rings. The van der Waals surface area contributed by atoms with Crippen LogP contribution < -0.4 is 19.7 Å². The first-order chi connectivity index (χ1) is 18.0. The molecule has 2 amide bonds. The van der Waals surface area contributed by atoms with E-state index in [9.17, 15) is 14.0 Å². The lowest BCUT2D eigenvalue weighted by atomic mass is 9.94. The minimum Gasteiger partial charge on any atom is -0.486 e. The van der Waals surface area contributed by atoms with Crippen molar-refractivity contribution in [2.75, 3.05) is 18.1 Å². The lowest BCUT2D eigenvalue weighted by Gasteiger charge is -2.34. The molecule has 6 nitrogen and oxygen atoms in total. The highest BCUT2D eigenvalue weighted by Gasteiger charge is 2.35. The molecule has 7 heteroatoms. The van der Waals surface area contributed by atoms with Crippen molar-refractivity contribution in [3.63, 3.8) is 0 Å². The Hall–Kier alpha value is -3.87. The Morgan fingerprint density at radius 2 is 1.57 bits per heavy atom. The fourth-order valence-electron chi connectivity index (χ4n) is 4.99. The molecule has 0 aromatic heterocycles. The van der Waals surface area contributed by atoms with Crippen LogP contribution >= 0.6 is 0 Å². The molecule has 3 aromatic rings. The summed E-state index contributed by atoms with van der Waals surface area (Å²) in [5.41, 5.74) is 2.49. The second-order valence-corrected chi connectivity index (χ2v) is 9.67. The number of hydrogen-bond acceptors (Lipinski definition) is 4. The second-order valence-electron chi connectivity index (χ2n) is 9.67. The maximum absolute atomic E-state index is 14.2. The molecule has 3 aromatic carbocycles. The number of carbonyl (C=O) groups is 2. The van der Waals surface area contributed by atoms with Gasteiger partial charge in [-0.15, -0.1) is 0 Å². The van der Waals surface area contributed by atoms with Gasteiger partial charge in [-0.05, 0) is 67.8 Å². The van der Waals surface area contributed by atoms with Crippen LogP contribution in [0.4, 0.5) is 10.1 Å². The summed E-state index contributed by atoms with van der Waals surface area (Å²) in [6.07, 6.45) is 5.09. The fourth-order valence-corrected chi connectivity index (χ4v) is 4.99. The van der Waals surface area contributed by atoms with Crippen molar-refractivity contribution in [1.29, 1.82) is 0 Å². The van der Waals surface area contributed by atoms with Crippen molar-refractivity contribution in [3.05, 3.63) is 89.2 Å². The smallest absolute Gasteiger partial charge is 0.259 e. The quantitative estimate of drug-likeness (QED) is 0.467. The van der Waals surface area contributed by atoms with E-state index >= 15 is 0 Å². The molecule has 1 N–H and O–H groups in total. The average Bonchev–Trinajstić information content (AvgIpc) is 2.93. The number of carbonyl (C=O) groups excluding carboxylic acids is 2. The number of nitrogens with one attached hydrogen (secondary N) is 1. The minimum absolute atomic E-state index is 0.0495. The van der Waals surface area contributed by atoms with Crippen LogP contribution in [0.15, 0.2) is 66.7 Å². The number of ether oxygens (including phenoxy) is 2. The lowest BCUT2D eigenvalue weighted by molar-refractivity contribution is -0.123. The largest absolute Gasteiger partial charge is 0.486 e. The topological polar surface area (TPSA) is 67.9 Å². The van der Waals surface area contributed by atoms with Crippen molar-refractivity contribution in [3.8, 4) is 11.5 Å². The van der Waals surface area contributed by atoms with E-state index in [2.05, 4.69) is 5.32 Å². The first-order valence-corrected chi connectivity index (χ1v) is 12.9. The van der Waals surface area contributed by atoms with E-state index < -0.39 is 11.9 Å². The zero-order valence-electron chi connectivity index (χ0n) is 20.9. The molecular weight excluding hydrogens is 471 g/mol. The maximum Gasteiger partial charge on any atom is 0.259 e. The van der Waals surface area contributed by atoms with E-state index in [1.54, 1.807) is 30.3 Å². The molecule has 1 fully saturated rings. The predicted molar refractivity (Wildman–Crippen MR) is 140 cm³/mol. The summed E-state index contributed by atoms with van der Waals surface area (Å²) in [6, 6.07) is 17.3. The molecule has 0 radical (unpaired) electrons. The Labute approximate surface area is 216 Å². The number of benzene rings is 3. The zero-order chi connectivity index (χ0) is 25.8. The molecule has 0 bridgehead atoms. The standard InChI is InChI=1S/C30H31FN2O4/c1-20-7-14-25(15-8-20)33(30(35)22-11-16-26-27(19-22)37-18-17-36-26)28(21-9-12-23(31)13-10-21)29(34)32-24-5-3-2-4-6-24/h7-16,19,24,28H,2-6,17-18H2,1H3,(H,32,34)/t28-/m0/s1. The van der Waals surface area contributed by atoms with Gasteiger partial charge in [0.2, 0.25) is 5.91 Å². The van der Waals surface area contributed by atoms with Crippen molar-refractivity contribution in [2.45, 2.75) is 51.1 Å². The molecular formula is C30H31FN2O4. The van der Waals surface area contributed by atoms with Gasteiger partial charge in [-0.2, -0.15) is 0 Å². The third-order valence-corrected chi connectivity index (χ3v) is 6.96. The normalized spacial score (nSPS) is 16.1. The van der Waals surface area contributed by atoms with Gasteiger partial charge < -0.3 is 14.8 Å². The zero-order valence-corrected chi connectivity index (χ0v) is 20.9. The van der Waals surface area contributed by atoms with Gasteiger partial charge in [-0.1, -0.05) is 49.1 Å². The minimum atomic E-state index is -0.995. The molecule has 1 aliphatic carbocycles. The third-order valence-electron chi connectivity index (χ3n) is 6.96. The van der Waals surface area contributed by atoms with Gasteiger partial charge in [0.15, 0.2) is 11.5 Å². The summed E-state index contributed by atoms with van der Waals surface area (Å²) >= 11 is 0. The van der Waals surface area contributed by atoms with Gasteiger partial charge >= 0.3 is 0 Å². The van der Waals surface area contributed by atoms with Gasteiger partial charge in [0.1, 0.15) is 25.1 Å². The number of anilines is 1. The van der Waals surface area contributed by atoms with Crippen LogP contribution in [0.2, 0.25) is 0 Å². The Balaban J connectivity index is 1.58. The van der Waals surface area contributed by atoms with Crippen LogP contribution in [0.1, 0.15) is 59.6 Å². The summed E-state index contributed by atoms with van der Waals surface area (Å²) in [6.45, 7) is 2.81. The van der Waals surface area contributed by atoms with E-state index in [1.807, 2.05) is 31.2 Å². The number of halogens is 1. The van der Waals surface area contributed by atoms with Gasteiger partial charge in [0.05, 0.1) is 0 Å². The summed E-state index contributed by atoms with van der Waals surface area (Å²) in [4.78, 5) is 29.6. The highest BCUT2D eigenvalue weighted by molar-refractivity contribution is 6.10. The summed E-state index contributed by atoms with van der Waals surface area (Å²) in [7, 11) is 0. The van der Waals surface area contributed by atoms with Gasteiger partial charge in [0.25, 0.3) is 5.91 Å². The van der Waals surface area contributed by atoms with Crippen molar-refractivity contribution in [2.24, 2.45) is 0 Å². The van der Waals surface area contributed by atoms with Gasteiger partial charge in [-0.25, -0.2) is 4.39 Å². The number of amides is 2.